The average molecular weight is 677 g/mol. The van der Waals surface area contributed by atoms with Crippen molar-refractivity contribution in [3.63, 3.8) is 0 Å². The number of hydrogen-bond donors (Lipinski definition) is 0. The quantitative estimate of drug-likeness (QED) is 0.158. The molecule has 3 aliphatic carbocycles. The summed E-state index contributed by atoms with van der Waals surface area (Å²) in [6.45, 7) is 18.5. The van der Waals surface area contributed by atoms with E-state index < -0.39 is 8.07 Å². The van der Waals surface area contributed by atoms with Crippen LogP contribution in [0.25, 0.3) is 10.8 Å². The lowest BCUT2D eigenvalue weighted by Gasteiger charge is -2.38. The molecule has 2 heterocycles. The predicted molar refractivity (Wildman–Crippen MR) is 207 cm³/mol. The molecule has 1 aliphatic heterocycles. The summed E-state index contributed by atoms with van der Waals surface area (Å²) in [5.74, 6) is 7.02. The molecule has 2 saturated carbocycles. The van der Waals surface area contributed by atoms with E-state index in [0.717, 1.165) is 50.7 Å². The second kappa shape index (κ2) is 13.7. The van der Waals surface area contributed by atoms with Gasteiger partial charge in [-0.05, 0) is 117 Å². The number of rotatable bonds is 10. The number of fused-ring (bicyclic) bond motifs is 4. The first kappa shape index (κ1) is 34.6. The Morgan fingerprint density at radius 3 is 2.22 bits per heavy atom. The number of aromatic nitrogens is 2. The van der Waals surface area contributed by atoms with Gasteiger partial charge in [0, 0.05) is 41.6 Å². The Labute approximate surface area is 297 Å². The van der Waals surface area contributed by atoms with Crippen LogP contribution >= 0.6 is 0 Å². The van der Waals surface area contributed by atoms with Crippen molar-refractivity contribution in [1.82, 2.24) is 14.9 Å². The van der Waals surface area contributed by atoms with E-state index in [-0.39, 0.29) is 5.41 Å². The molecule has 0 amide bonds. The van der Waals surface area contributed by atoms with E-state index in [2.05, 4.69) is 113 Å². The third-order valence-corrected chi connectivity index (χ3v) is 19.2. The maximum Gasteiger partial charge on any atom is 0.318 e. The minimum Gasteiger partial charge on any atom is -0.463 e. The molecular weight excluding hydrogens is 617 g/mol. The van der Waals surface area contributed by atoms with Gasteiger partial charge in [-0.1, -0.05) is 77.8 Å². The Morgan fingerprint density at radius 2 is 1.59 bits per heavy atom. The Bertz CT molecular complexity index is 1690. The number of piperidine rings is 1. The number of anilines is 1. The second-order valence-electron chi connectivity index (χ2n) is 17.6. The lowest BCUT2D eigenvalue weighted by molar-refractivity contribution is 0.182. The molecule has 6 heteroatoms. The number of benzene rings is 2. The fourth-order valence-corrected chi connectivity index (χ4v) is 15.6. The third kappa shape index (κ3) is 6.79. The normalized spacial score (nSPS) is 22.9. The Hall–Kier alpha value is -2.88. The van der Waals surface area contributed by atoms with Crippen molar-refractivity contribution < 1.29 is 4.74 Å². The second-order valence-corrected chi connectivity index (χ2v) is 23.1. The van der Waals surface area contributed by atoms with E-state index in [0.29, 0.717) is 35.2 Å². The Balaban J connectivity index is 1.25. The topological polar surface area (TPSA) is 41.5 Å². The molecule has 4 aliphatic rings. The van der Waals surface area contributed by atoms with Crippen LogP contribution in [-0.2, 0) is 12.8 Å². The molecule has 2 bridgehead atoms. The molecule has 3 unspecified atom stereocenters. The lowest BCUT2D eigenvalue weighted by Crippen LogP contribution is -2.43. The summed E-state index contributed by atoms with van der Waals surface area (Å²) in [5, 5.41) is 2.65. The predicted octanol–water partition coefficient (Wildman–Crippen LogP) is 9.43. The standard InChI is InChI=1S/C43H60N4OSi/c1-29(2)49(30(3)4,31(5)6)22-19-35-12-9-11-34-13-10-14-37(40(34)35)36-17-18-38-39(24-36)44-42(48-28-43(20-21-43)27-46(7)8)45-41(38)47-25-32-15-16-33(23-32)26-47/h9-14,29-33,36H,15-18,20-21,23-28H2,1-8H3. The highest BCUT2D eigenvalue weighted by Gasteiger charge is 2.45. The Morgan fingerprint density at radius 1 is 0.918 bits per heavy atom. The average Bonchev–Trinajstić information content (AvgIpc) is 3.75. The van der Waals surface area contributed by atoms with Crippen molar-refractivity contribution in [3.8, 4) is 17.5 Å². The van der Waals surface area contributed by atoms with Gasteiger partial charge in [0.05, 0.1) is 12.3 Å². The summed E-state index contributed by atoms with van der Waals surface area (Å²) in [5.41, 5.74) is 11.3. The largest absolute Gasteiger partial charge is 0.463 e. The van der Waals surface area contributed by atoms with E-state index in [1.165, 1.54) is 71.1 Å². The van der Waals surface area contributed by atoms with Crippen molar-refractivity contribution >= 4 is 24.7 Å². The van der Waals surface area contributed by atoms with E-state index in [4.69, 9.17) is 14.7 Å². The van der Waals surface area contributed by atoms with E-state index in [1.807, 2.05) is 0 Å². The summed E-state index contributed by atoms with van der Waals surface area (Å²) in [6.07, 6.45) is 9.63. The minimum absolute atomic E-state index is 0.247. The molecular formula is C43H60N4OSi. The van der Waals surface area contributed by atoms with Crippen molar-refractivity contribution in [2.45, 2.75) is 115 Å². The van der Waals surface area contributed by atoms with E-state index in [1.54, 1.807) is 0 Å². The summed E-state index contributed by atoms with van der Waals surface area (Å²) in [4.78, 5) is 15.4. The SMILES string of the molecule is CC(C)[Si](C#Cc1cccc2cccc(C3CCc4c(nc(OCC5(CN(C)C)CC5)nc4N4CC5CCC(C5)C4)C3)c12)(C(C)C)C(C)C. The van der Waals surface area contributed by atoms with Crippen molar-refractivity contribution in [2.24, 2.45) is 17.3 Å². The first-order valence-corrected chi connectivity index (χ1v) is 21.7. The van der Waals surface area contributed by atoms with Crippen LogP contribution in [0.4, 0.5) is 5.82 Å². The molecule has 49 heavy (non-hydrogen) atoms. The van der Waals surface area contributed by atoms with Crippen LogP contribution in [0.5, 0.6) is 6.01 Å². The number of nitrogens with zero attached hydrogens (tertiary/aromatic N) is 4. The molecule has 1 saturated heterocycles. The molecule has 0 N–H and O–H groups in total. The van der Waals surface area contributed by atoms with E-state index in [9.17, 15) is 0 Å². The smallest absolute Gasteiger partial charge is 0.318 e. The van der Waals surface area contributed by atoms with Crippen LogP contribution < -0.4 is 9.64 Å². The number of ether oxygens (including phenoxy) is 1. The van der Waals surface area contributed by atoms with Crippen molar-refractivity contribution in [3.05, 3.63) is 58.8 Å². The molecule has 3 atom stereocenters. The zero-order valence-corrected chi connectivity index (χ0v) is 32.6. The molecule has 262 valence electrons. The summed E-state index contributed by atoms with van der Waals surface area (Å²) in [7, 11) is 2.47. The molecule has 5 nitrogen and oxygen atoms in total. The van der Waals surface area contributed by atoms with Crippen molar-refractivity contribution in [2.75, 3.05) is 45.2 Å². The minimum atomic E-state index is -1.86. The summed E-state index contributed by atoms with van der Waals surface area (Å²) >= 11 is 0. The highest BCUT2D eigenvalue weighted by atomic mass is 28.3. The molecule has 1 aromatic heterocycles. The van der Waals surface area contributed by atoms with Gasteiger partial charge in [-0.15, -0.1) is 5.54 Å². The molecule has 7 rings (SSSR count). The molecule has 2 aromatic carbocycles. The van der Waals surface area contributed by atoms with Gasteiger partial charge >= 0.3 is 6.01 Å². The van der Waals surface area contributed by atoms with Gasteiger partial charge in [0.2, 0.25) is 0 Å². The van der Waals surface area contributed by atoms with Gasteiger partial charge in [0.25, 0.3) is 0 Å². The van der Waals surface area contributed by atoms with Crippen LogP contribution in [0.1, 0.15) is 108 Å². The third-order valence-electron chi connectivity index (χ3n) is 12.9. The first-order valence-electron chi connectivity index (χ1n) is 19.4. The van der Waals surface area contributed by atoms with Crippen LogP contribution in [0.3, 0.4) is 0 Å². The summed E-state index contributed by atoms with van der Waals surface area (Å²) in [6, 6.07) is 14.2. The number of hydrogen-bond acceptors (Lipinski definition) is 5. The van der Waals surface area contributed by atoms with Gasteiger partial charge in [0.1, 0.15) is 13.9 Å². The van der Waals surface area contributed by atoms with E-state index >= 15 is 0 Å². The van der Waals surface area contributed by atoms with Crippen LogP contribution in [0, 0.1) is 28.7 Å². The van der Waals surface area contributed by atoms with Gasteiger partial charge in [-0.2, -0.15) is 9.97 Å². The monoisotopic (exact) mass is 676 g/mol. The molecule has 0 radical (unpaired) electrons. The van der Waals surface area contributed by atoms with Gasteiger partial charge < -0.3 is 14.5 Å². The summed E-state index contributed by atoms with van der Waals surface area (Å²) < 4.78 is 6.56. The highest BCUT2D eigenvalue weighted by Crippen LogP contribution is 2.47. The van der Waals surface area contributed by atoms with Crippen LogP contribution in [-0.4, -0.2) is 63.3 Å². The van der Waals surface area contributed by atoms with Gasteiger partial charge in [0.15, 0.2) is 0 Å². The van der Waals surface area contributed by atoms with Crippen molar-refractivity contribution in [1.29, 1.82) is 0 Å². The van der Waals surface area contributed by atoms with Crippen LogP contribution in [0.2, 0.25) is 16.6 Å². The fraction of sp³-hybridized carbons (Fsp3) is 0.628. The van der Waals surface area contributed by atoms with Gasteiger partial charge in [-0.3, -0.25) is 0 Å². The maximum atomic E-state index is 6.56. The zero-order valence-electron chi connectivity index (χ0n) is 31.6. The van der Waals surface area contributed by atoms with Gasteiger partial charge in [-0.25, -0.2) is 0 Å². The lowest BCUT2D eigenvalue weighted by atomic mass is 9.80. The fourth-order valence-electron chi connectivity index (χ4n) is 10.4. The Kier molecular flexibility index (Phi) is 9.65. The van der Waals surface area contributed by atoms with Crippen LogP contribution in [0.15, 0.2) is 36.4 Å². The molecule has 0 spiro atoms. The first-order chi connectivity index (χ1) is 23.5. The highest BCUT2D eigenvalue weighted by molar-refractivity contribution is 6.90. The zero-order chi connectivity index (χ0) is 34.5. The molecule has 3 aromatic rings. The molecule has 3 fully saturated rings. The maximum absolute atomic E-state index is 6.56.